The number of aliphatic carboxylic acids is 3. The molecule has 2 aromatic carbocycles. The summed E-state index contributed by atoms with van der Waals surface area (Å²) in [6.07, 6.45) is 1.11. The number of guanidine groups is 3. The predicted molar refractivity (Wildman–Crippen MR) is 383 cm³/mol. The molecule has 0 bridgehead atoms. The minimum absolute atomic E-state index is 0.0000752. The fourth-order valence-electron chi connectivity index (χ4n) is 10.1. The van der Waals surface area contributed by atoms with Crippen LogP contribution in [0.1, 0.15) is 103 Å². The lowest BCUT2D eigenvalue weighted by Gasteiger charge is -2.29. The molecule has 9 atom stereocenters. The van der Waals surface area contributed by atoms with Gasteiger partial charge in [0.1, 0.15) is 54.1 Å². The van der Waals surface area contributed by atoms with Crippen molar-refractivity contribution in [1.29, 1.82) is 0 Å². The monoisotopic (exact) mass is 1480 g/mol. The molecule has 0 aromatic heterocycles. The average Bonchev–Trinajstić information content (AvgIpc) is 1.64. The molecule has 104 heavy (non-hydrogen) atoms. The Morgan fingerprint density at radius 1 is 0.529 bits per heavy atom. The zero-order chi connectivity index (χ0) is 78.0. The van der Waals surface area contributed by atoms with Crippen LogP contribution in [0, 0.1) is 5.92 Å². The van der Waals surface area contributed by atoms with Crippen LogP contribution in [-0.2, 0) is 80.0 Å². The van der Waals surface area contributed by atoms with Crippen molar-refractivity contribution in [2.24, 2.45) is 61.0 Å². The molecule has 3 rings (SSSR count). The lowest BCUT2D eigenvalue weighted by Crippen LogP contribution is -2.60. The summed E-state index contributed by atoms with van der Waals surface area (Å²) in [5, 5.41) is 61.1. The number of phenolic OH excluding ortho intramolecular Hbond substituents is 1. The number of benzene rings is 2. The fraction of sp³-hybridized carbons (Fsp3) is 0.547. The molecular formula is C64H101N21O18S. The first-order chi connectivity index (χ1) is 49.1. The van der Waals surface area contributed by atoms with E-state index in [9.17, 15) is 72.5 Å². The molecule has 0 radical (unpaired) electrons. The number of nitrogens with zero attached hydrogens (tertiary/aromatic N) is 4. The molecule has 11 amide bonds. The summed E-state index contributed by atoms with van der Waals surface area (Å²) in [7, 11) is 0. The van der Waals surface area contributed by atoms with Crippen molar-refractivity contribution < 1.29 is 87.5 Å². The highest BCUT2D eigenvalue weighted by Crippen LogP contribution is 2.21. The second-order valence-electron chi connectivity index (χ2n) is 24.2. The number of phenols is 1. The van der Waals surface area contributed by atoms with Crippen molar-refractivity contribution in [3.05, 3.63) is 65.7 Å². The zero-order valence-electron chi connectivity index (χ0n) is 58.6. The van der Waals surface area contributed by atoms with E-state index in [2.05, 4.69) is 68.1 Å². The van der Waals surface area contributed by atoms with Gasteiger partial charge < -0.3 is 119 Å². The number of carboxylic acids is 3. The summed E-state index contributed by atoms with van der Waals surface area (Å²) < 4.78 is 0. The van der Waals surface area contributed by atoms with Gasteiger partial charge in [-0.1, -0.05) is 56.3 Å². The molecule has 1 saturated heterocycles. The van der Waals surface area contributed by atoms with Gasteiger partial charge in [0.15, 0.2) is 17.9 Å². The van der Waals surface area contributed by atoms with E-state index in [-0.39, 0.29) is 114 Å². The third-order valence-corrected chi connectivity index (χ3v) is 15.9. The van der Waals surface area contributed by atoms with Gasteiger partial charge in [-0.15, -0.1) is 0 Å². The van der Waals surface area contributed by atoms with E-state index in [1.807, 2.05) is 0 Å². The molecule has 1 heterocycles. The van der Waals surface area contributed by atoms with E-state index < -0.39 is 176 Å². The normalized spacial score (nSPS) is 14.4. The van der Waals surface area contributed by atoms with Crippen LogP contribution in [0.4, 0.5) is 0 Å². The molecule has 39 nitrogen and oxygen atoms in total. The first-order valence-corrected chi connectivity index (χ1v) is 34.6. The molecule has 0 aliphatic carbocycles. The Morgan fingerprint density at radius 3 is 1.47 bits per heavy atom. The summed E-state index contributed by atoms with van der Waals surface area (Å²) in [5.74, 6) is -13.8. The number of nitrogens with two attached hydrogens (primary N) is 7. The Hall–Kier alpha value is -11.1. The number of nitrogens with one attached hydrogen (secondary N) is 10. The summed E-state index contributed by atoms with van der Waals surface area (Å²) in [5.41, 5.74) is 40.5. The summed E-state index contributed by atoms with van der Waals surface area (Å²) in [6.45, 7) is 2.32. The van der Waals surface area contributed by atoms with Crippen LogP contribution in [0.2, 0.25) is 0 Å². The molecule has 40 heteroatoms. The van der Waals surface area contributed by atoms with Crippen LogP contribution < -0.4 is 93.3 Å². The lowest BCUT2D eigenvalue weighted by molar-refractivity contribution is -0.145. The molecule has 1 aliphatic rings. The molecule has 28 N–H and O–H groups in total. The summed E-state index contributed by atoms with van der Waals surface area (Å²) in [4.78, 5) is 197. The summed E-state index contributed by atoms with van der Waals surface area (Å²) in [6, 6.07) is 2.45. The van der Waals surface area contributed by atoms with Gasteiger partial charge >= 0.3 is 11.9 Å². The largest absolute Gasteiger partial charge is 0.508 e. The van der Waals surface area contributed by atoms with Gasteiger partial charge in [0.25, 0.3) is 5.97 Å². The maximum absolute atomic E-state index is 14.6. The quantitative estimate of drug-likeness (QED) is 0.0167. The van der Waals surface area contributed by atoms with Crippen molar-refractivity contribution in [3.63, 3.8) is 0 Å². The van der Waals surface area contributed by atoms with Crippen LogP contribution in [0.25, 0.3) is 0 Å². The van der Waals surface area contributed by atoms with Crippen LogP contribution >= 0.6 is 11.8 Å². The van der Waals surface area contributed by atoms with Crippen molar-refractivity contribution >= 4 is 113 Å². The van der Waals surface area contributed by atoms with Crippen LogP contribution in [0.5, 0.6) is 5.75 Å². The van der Waals surface area contributed by atoms with Crippen LogP contribution in [-0.4, -0.2) is 238 Å². The topological polar surface area (TPSA) is 663 Å². The zero-order valence-corrected chi connectivity index (χ0v) is 59.4. The summed E-state index contributed by atoms with van der Waals surface area (Å²) >= 11 is 1.33. The van der Waals surface area contributed by atoms with Gasteiger partial charge in [-0.25, -0.2) is 4.79 Å². The van der Waals surface area contributed by atoms with Gasteiger partial charge in [0.2, 0.25) is 65.0 Å². The van der Waals surface area contributed by atoms with E-state index in [1.54, 1.807) is 62.6 Å². The Bertz CT molecular complexity index is 3300. The number of amides is 11. The highest BCUT2D eigenvalue weighted by atomic mass is 32.2. The van der Waals surface area contributed by atoms with Gasteiger partial charge in [0, 0.05) is 45.9 Å². The van der Waals surface area contributed by atoms with Crippen molar-refractivity contribution in [2.45, 2.75) is 159 Å². The van der Waals surface area contributed by atoms with Crippen molar-refractivity contribution in [1.82, 2.24) is 58.1 Å². The van der Waals surface area contributed by atoms with Crippen LogP contribution in [0.3, 0.4) is 0 Å². The number of carboxylic acid groups (broad SMARTS) is 3. The maximum Gasteiger partial charge on any atom is 0.326 e. The van der Waals surface area contributed by atoms with E-state index in [0.717, 1.165) is 11.8 Å². The van der Waals surface area contributed by atoms with E-state index in [1.165, 1.54) is 23.9 Å². The number of thioether (sulfide) groups is 1. The number of aromatic hydroxyl groups is 1. The Morgan fingerprint density at radius 2 is 0.981 bits per heavy atom. The second-order valence-corrected chi connectivity index (χ2v) is 25.2. The lowest BCUT2D eigenvalue weighted by atomic mass is 10.0. The van der Waals surface area contributed by atoms with Crippen LogP contribution in [0.15, 0.2) is 69.6 Å². The first-order valence-electron chi connectivity index (χ1n) is 33.2. The Kier molecular flexibility index (Phi) is 41.0. The molecule has 1 aliphatic heterocycles. The van der Waals surface area contributed by atoms with Crippen molar-refractivity contribution in [3.8, 4) is 5.75 Å². The van der Waals surface area contributed by atoms with Gasteiger partial charge in [-0.3, -0.25) is 77.3 Å². The molecule has 576 valence electrons. The molecule has 9 unspecified atom stereocenters. The number of carbonyl (C=O) groups is 14. The van der Waals surface area contributed by atoms with Gasteiger partial charge in [0.05, 0.1) is 25.7 Å². The number of carbonyl (C=O) groups excluding carboxylic acids is 11. The number of likely N-dealkylation sites (tertiary alicyclic amines) is 1. The van der Waals surface area contributed by atoms with E-state index in [0.29, 0.717) is 23.3 Å². The Labute approximate surface area is 604 Å². The fourth-order valence-corrected chi connectivity index (χ4v) is 10.5. The minimum atomic E-state index is -1.58. The standard InChI is InChI=1S/C62H97N21O16S.C2H4O2/c1-34(2)50(57(96)75-33-48(87)76-42(15-9-26-72-62(68)69)58(97)83-27-10-16-45(83)56(95)81-43(59(98)99)21-22-49(88)89)82-54(93)40(14-8-25-71-61(66)67)79-52(91)39(13-7-24-70-60(64)65)78-53(92)41(23-28-100-3)80-55(94)44(30-35-11-5-4-6-12-35)77-47(86)32-73-46(85)31-74-51(90)38(63)29-36-17-19-37(84)20-18-36;1-2(3)4/h4-6,11-12,17-20,34,38-45,50,84H,7-10,13-16,21-33,63H2,1-3H3,(H,73,85)(H,74,90)(H,75,96)(H,76,87)(H,77,86)(H,78,92)(H,79,91)(H,80,94)(H,81,95)(H,82,93)(H,88,89)(H,98,99)(H4,64,65,70)(H4,66,67,71)(H4,68,69,72);1H3,(H,3,4). The second kappa shape index (κ2) is 47.9. The smallest absolute Gasteiger partial charge is 0.326 e. The minimum Gasteiger partial charge on any atom is -0.508 e. The molecule has 1 fully saturated rings. The highest BCUT2D eigenvalue weighted by molar-refractivity contribution is 7.98. The van der Waals surface area contributed by atoms with Gasteiger partial charge in [-0.05, 0) is 112 Å². The number of rotatable bonds is 45. The molecular weight excluding hydrogens is 1380 g/mol. The SMILES string of the molecule is CC(=O)O.CSCCC(NC(=O)C(Cc1ccccc1)NC(=O)CNC(=O)CNC(=O)C(N)Cc1ccc(O)cc1)C(=O)NC(CCCN=C(N)N)C(=O)NC(CCCN=C(N)N)C(=O)NC(C(=O)NCC(=O)NC(CCCN=C(N)N)C(=O)N1CCCC1C(=O)NC(CCC(=O)O)C(=O)O)C(C)C. The molecule has 0 spiro atoms. The first kappa shape index (κ1) is 89.0. The third-order valence-electron chi connectivity index (χ3n) is 15.3. The van der Waals surface area contributed by atoms with Crippen molar-refractivity contribution in [2.75, 3.05) is 57.8 Å². The number of hydrogen-bond donors (Lipinski definition) is 21. The predicted octanol–water partition coefficient (Wildman–Crippen LogP) is -6.15. The third kappa shape index (κ3) is 36.5. The molecule has 2 aromatic rings. The Balaban J connectivity index is 0.00000894. The number of aliphatic imine (C=N–C) groups is 3. The van der Waals surface area contributed by atoms with E-state index >= 15 is 0 Å². The number of hydrogen-bond acceptors (Lipinski definition) is 20. The molecule has 0 saturated carbocycles. The highest BCUT2D eigenvalue weighted by Gasteiger charge is 2.40. The maximum atomic E-state index is 14.6. The van der Waals surface area contributed by atoms with E-state index in [4.69, 9.17) is 55.1 Å². The van der Waals surface area contributed by atoms with Gasteiger partial charge in [-0.2, -0.15) is 11.8 Å². The average molecular weight is 1480 g/mol.